The molecule has 6 N–H and O–H groups in total. The van der Waals surface area contributed by atoms with Crippen LogP contribution < -0.4 is 45.9 Å². The van der Waals surface area contributed by atoms with Gasteiger partial charge in [0, 0.05) is 28.4 Å². The van der Waals surface area contributed by atoms with E-state index in [1.807, 2.05) is 97.9 Å². The SMILES string of the molecule is Cc1cc(C(O)(c2ccc(Nc3ccccc3)cc2)c2ccc(Nc3ccc(S(=O)(=O)O)cc3)cc2)ccc1N.[Na+]. The standard InChI is InChI=1S/C32H29N3O4S.Na/c1-22-21-25(11-20-31(22)33)32(36,23-7-12-27(13-8-23)34-26-5-3-2-4-6-26)24-9-14-28(15-10-24)35-29-16-18-30(19-17-29)40(37,38)39;/h2-21,34-36H,33H2,1H3,(H,37,38,39);/q;+1. The van der Waals surface area contributed by atoms with Crippen LogP contribution in [0.1, 0.15) is 22.3 Å². The topological polar surface area (TPSA) is 125 Å². The Morgan fingerprint density at radius 1 is 0.634 bits per heavy atom. The van der Waals surface area contributed by atoms with Gasteiger partial charge < -0.3 is 21.5 Å². The van der Waals surface area contributed by atoms with Crippen LogP contribution in [0.25, 0.3) is 0 Å². The van der Waals surface area contributed by atoms with Crippen LogP contribution in [0.5, 0.6) is 0 Å². The molecule has 202 valence electrons. The molecule has 0 aliphatic heterocycles. The summed E-state index contributed by atoms with van der Waals surface area (Å²) in [5.74, 6) is 0. The van der Waals surface area contributed by atoms with E-state index in [1.54, 1.807) is 18.2 Å². The zero-order chi connectivity index (χ0) is 28.3. The van der Waals surface area contributed by atoms with Gasteiger partial charge in [-0.2, -0.15) is 8.42 Å². The maximum absolute atomic E-state index is 12.3. The largest absolute Gasteiger partial charge is 1.00 e. The second-order valence-electron chi connectivity index (χ2n) is 9.55. The molecule has 0 radical (unpaired) electrons. The van der Waals surface area contributed by atoms with Crippen molar-refractivity contribution < 1.29 is 47.6 Å². The van der Waals surface area contributed by atoms with Crippen LogP contribution in [0, 0.1) is 6.92 Å². The first kappa shape index (κ1) is 30.3. The molecular weight excluding hydrogens is 545 g/mol. The molecule has 5 aromatic carbocycles. The minimum atomic E-state index is -4.26. The van der Waals surface area contributed by atoms with Crippen molar-refractivity contribution in [2.45, 2.75) is 17.4 Å². The molecule has 0 amide bonds. The number of aryl methyl sites for hydroxylation is 1. The van der Waals surface area contributed by atoms with Crippen molar-refractivity contribution >= 4 is 38.6 Å². The summed E-state index contributed by atoms with van der Waals surface area (Å²) in [5.41, 5.74) is 11.4. The first-order chi connectivity index (χ1) is 19.1. The van der Waals surface area contributed by atoms with Gasteiger partial charge in [0.25, 0.3) is 10.1 Å². The van der Waals surface area contributed by atoms with Crippen LogP contribution >= 0.6 is 0 Å². The van der Waals surface area contributed by atoms with E-state index in [0.717, 1.165) is 22.6 Å². The second kappa shape index (κ2) is 12.5. The van der Waals surface area contributed by atoms with Crippen molar-refractivity contribution in [3.63, 3.8) is 0 Å². The quantitative estimate of drug-likeness (QED) is 0.0830. The minimum absolute atomic E-state index is 0. The predicted molar refractivity (Wildman–Crippen MR) is 160 cm³/mol. The third-order valence-electron chi connectivity index (χ3n) is 6.80. The first-order valence-corrected chi connectivity index (χ1v) is 14.0. The van der Waals surface area contributed by atoms with Crippen LogP contribution in [-0.4, -0.2) is 18.1 Å². The Morgan fingerprint density at radius 2 is 1.05 bits per heavy atom. The van der Waals surface area contributed by atoms with Crippen molar-refractivity contribution in [2.24, 2.45) is 0 Å². The van der Waals surface area contributed by atoms with Crippen LogP contribution in [0.2, 0.25) is 0 Å². The number of para-hydroxylation sites is 1. The van der Waals surface area contributed by atoms with E-state index in [1.165, 1.54) is 12.1 Å². The molecule has 5 rings (SSSR count). The van der Waals surface area contributed by atoms with Gasteiger partial charge in [0.15, 0.2) is 0 Å². The zero-order valence-electron chi connectivity index (χ0n) is 22.7. The fourth-order valence-corrected chi connectivity index (χ4v) is 5.04. The summed E-state index contributed by atoms with van der Waals surface area (Å²) in [7, 11) is -4.26. The monoisotopic (exact) mass is 574 g/mol. The Bertz CT molecular complexity index is 1730. The number of hydrogen-bond donors (Lipinski definition) is 5. The number of nitrogen functional groups attached to an aromatic ring is 1. The van der Waals surface area contributed by atoms with Gasteiger partial charge in [0.1, 0.15) is 5.60 Å². The van der Waals surface area contributed by atoms with Crippen molar-refractivity contribution in [3.8, 4) is 0 Å². The average molecular weight is 575 g/mol. The van der Waals surface area contributed by atoms with Crippen LogP contribution in [0.3, 0.4) is 0 Å². The number of rotatable bonds is 8. The van der Waals surface area contributed by atoms with Gasteiger partial charge in [-0.1, -0.05) is 54.6 Å². The molecule has 0 aliphatic carbocycles. The smallest absolute Gasteiger partial charge is 0.399 e. The van der Waals surface area contributed by atoms with Gasteiger partial charge in [-0.05, 0) is 95.9 Å². The Morgan fingerprint density at radius 3 is 1.49 bits per heavy atom. The van der Waals surface area contributed by atoms with Crippen LogP contribution in [-0.2, 0) is 15.7 Å². The summed E-state index contributed by atoms with van der Waals surface area (Å²) in [4.78, 5) is -0.178. The van der Waals surface area contributed by atoms with Crippen molar-refractivity contribution in [3.05, 3.63) is 144 Å². The predicted octanol–water partition coefficient (Wildman–Crippen LogP) is 3.60. The fourth-order valence-electron chi connectivity index (χ4n) is 4.56. The van der Waals surface area contributed by atoms with Gasteiger partial charge >= 0.3 is 29.6 Å². The molecule has 0 bridgehead atoms. The van der Waals surface area contributed by atoms with Gasteiger partial charge in [-0.15, -0.1) is 0 Å². The number of benzene rings is 5. The molecule has 41 heavy (non-hydrogen) atoms. The summed E-state index contributed by atoms with van der Waals surface area (Å²) in [6.07, 6.45) is 0. The van der Waals surface area contributed by atoms with E-state index in [2.05, 4.69) is 10.6 Å². The summed E-state index contributed by atoms with van der Waals surface area (Å²) in [6.45, 7) is 1.91. The number of anilines is 5. The Hall–Kier alpha value is -3.63. The number of hydrogen-bond acceptors (Lipinski definition) is 6. The summed E-state index contributed by atoms with van der Waals surface area (Å²) in [5, 5.41) is 18.9. The van der Waals surface area contributed by atoms with Crippen molar-refractivity contribution in [2.75, 3.05) is 16.4 Å². The van der Waals surface area contributed by atoms with Crippen molar-refractivity contribution in [1.82, 2.24) is 0 Å². The van der Waals surface area contributed by atoms with E-state index in [9.17, 15) is 18.1 Å². The van der Waals surface area contributed by atoms with E-state index >= 15 is 0 Å². The Labute approximate surface area is 262 Å². The summed E-state index contributed by atoms with van der Waals surface area (Å²) >= 11 is 0. The molecule has 0 spiro atoms. The summed E-state index contributed by atoms with van der Waals surface area (Å²) in [6, 6.07) is 36.2. The molecule has 1 unspecified atom stereocenters. The third kappa shape index (κ3) is 6.82. The Balaban J connectivity index is 0.00000387. The van der Waals surface area contributed by atoms with E-state index in [-0.39, 0.29) is 34.5 Å². The molecule has 0 fully saturated rings. The van der Waals surface area contributed by atoms with Gasteiger partial charge in [0.2, 0.25) is 0 Å². The number of aliphatic hydroxyl groups is 1. The Kier molecular flexibility index (Phi) is 9.24. The van der Waals surface area contributed by atoms with Crippen molar-refractivity contribution in [1.29, 1.82) is 0 Å². The molecular formula is C32H29N3NaO4S+. The second-order valence-corrected chi connectivity index (χ2v) is 11.0. The third-order valence-corrected chi connectivity index (χ3v) is 7.66. The molecule has 0 heterocycles. The van der Waals surface area contributed by atoms with Gasteiger partial charge in [-0.3, -0.25) is 4.55 Å². The minimum Gasteiger partial charge on any atom is -0.399 e. The molecule has 7 nitrogen and oxygen atoms in total. The van der Waals surface area contributed by atoms with Gasteiger partial charge in [-0.25, -0.2) is 0 Å². The maximum Gasteiger partial charge on any atom is 1.00 e. The van der Waals surface area contributed by atoms with E-state index in [0.29, 0.717) is 28.1 Å². The molecule has 5 aromatic rings. The first-order valence-electron chi connectivity index (χ1n) is 12.6. The molecule has 1 atom stereocenters. The van der Waals surface area contributed by atoms with E-state index < -0.39 is 15.7 Å². The number of nitrogens with one attached hydrogen (secondary N) is 2. The normalized spacial score (nSPS) is 12.6. The van der Waals surface area contributed by atoms with Crippen LogP contribution in [0.4, 0.5) is 28.4 Å². The molecule has 0 saturated heterocycles. The molecule has 0 aromatic heterocycles. The molecule has 9 heteroatoms. The molecule has 0 saturated carbocycles. The van der Waals surface area contributed by atoms with Gasteiger partial charge in [0.05, 0.1) is 4.90 Å². The average Bonchev–Trinajstić information content (AvgIpc) is 2.95. The fraction of sp³-hybridized carbons (Fsp3) is 0.0625. The van der Waals surface area contributed by atoms with Crippen LogP contribution in [0.15, 0.2) is 126 Å². The number of nitrogens with two attached hydrogens (primary N) is 1. The van der Waals surface area contributed by atoms with E-state index in [4.69, 9.17) is 5.73 Å². The summed E-state index contributed by atoms with van der Waals surface area (Å²) < 4.78 is 31.8. The zero-order valence-corrected chi connectivity index (χ0v) is 25.6. The molecule has 0 aliphatic rings. The maximum atomic E-state index is 12.3.